The van der Waals surface area contributed by atoms with E-state index in [1.54, 1.807) is 0 Å². The number of nitrogens with two attached hydrogens (primary N) is 1. The van der Waals surface area contributed by atoms with Gasteiger partial charge >= 0.3 is 0 Å². The SMILES string of the molecule is Cc1c(NN)ncnc1NC1CCSCC1. The Morgan fingerprint density at radius 2 is 2.00 bits per heavy atom. The van der Waals surface area contributed by atoms with E-state index in [1.165, 1.54) is 30.7 Å². The predicted octanol–water partition coefficient (Wildman–Crippen LogP) is 1.38. The molecule has 16 heavy (non-hydrogen) atoms. The van der Waals surface area contributed by atoms with Gasteiger partial charge in [0.1, 0.15) is 18.0 Å². The Hall–Kier alpha value is -1.01. The molecule has 4 N–H and O–H groups in total. The van der Waals surface area contributed by atoms with Gasteiger partial charge in [0.25, 0.3) is 0 Å². The molecule has 5 nitrogen and oxygen atoms in total. The Morgan fingerprint density at radius 1 is 1.31 bits per heavy atom. The van der Waals surface area contributed by atoms with E-state index in [2.05, 4.69) is 20.7 Å². The Labute approximate surface area is 99.6 Å². The zero-order chi connectivity index (χ0) is 11.4. The van der Waals surface area contributed by atoms with E-state index >= 15 is 0 Å². The quantitative estimate of drug-likeness (QED) is 0.546. The maximum atomic E-state index is 5.38. The molecule has 0 radical (unpaired) electrons. The first-order valence-electron chi connectivity index (χ1n) is 5.43. The first-order valence-corrected chi connectivity index (χ1v) is 6.59. The molecule has 0 aliphatic carbocycles. The van der Waals surface area contributed by atoms with Crippen LogP contribution in [0.1, 0.15) is 18.4 Å². The number of hydrazine groups is 1. The zero-order valence-electron chi connectivity index (χ0n) is 9.36. The second-order valence-corrected chi connectivity index (χ2v) is 5.10. The highest BCUT2D eigenvalue weighted by Gasteiger charge is 2.15. The van der Waals surface area contributed by atoms with E-state index < -0.39 is 0 Å². The molecule has 1 aliphatic heterocycles. The van der Waals surface area contributed by atoms with Gasteiger partial charge < -0.3 is 10.7 Å². The fourth-order valence-electron chi connectivity index (χ4n) is 1.78. The lowest BCUT2D eigenvalue weighted by atomic mass is 10.1. The lowest BCUT2D eigenvalue weighted by Gasteiger charge is -2.24. The van der Waals surface area contributed by atoms with Crippen molar-refractivity contribution in [2.24, 2.45) is 5.84 Å². The Kier molecular flexibility index (Phi) is 3.84. The monoisotopic (exact) mass is 239 g/mol. The molecule has 6 heteroatoms. The summed E-state index contributed by atoms with van der Waals surface area (Å²) < 4.78 is 0. The summed E-state index contributed by atoms with van der Waals surface area (Å²) in [4.78, 5) is 8.32. The third kappa shape index (κ3) is 2.56. The van der Waals surface area contributed by atoms with Crippen LogP contribution in [0.3, 0.4) is 0 Å². The number of hydrogen-bond donors (Lipinski definition) is 3. The van der Waals surface area contributed by atoms with Gasteiger partial charge in [-0.15, -0.1) is 0 Å². The second kappa shape index (κ2) is 5.36. The molecule has 1 aromatic rings. The summed E-state index contributed by atoms with van der Waals surface area (Å²) >= 11 is 2.02. The number of nitrogens with one attached hydrogen (secondary N) is 2. The molecule has 2 heterocycles. The van der Waals surface area contributed by atoms with Gasteiger partial charge in [0.15, 0.2) is 0 Å². The molecule has 0 amide bonds. The maximum absolute atomic E-state index is 5.38. The summed E-state index contributed by atoms with van der Waals surface area (Å²) in [7, 11) is 0. The van der Waals surface area contributed by atoms with E-state index in [9.17, 15) is 0 Å². The largest absolute Gasteiger partial charge is 0.367 e. The summed E-state index contributed by atoms with van der Waals surface area (Å²) in [5, 5.41) is 3.46. The minimum Gasteiger partial charge on any atom is -0.367 e. The number of thioether (sulfide) groups is 1. The van der Waals surface area contributed by atoms with Crippen molar-refractivity contribution in [2.45, 2.75) is 25.8 Å². The van der Waals surface area contributed by atoms with Crippen LogP contribution in [0, 0.1) is 6.92 Å². The van der Waals surface area contributed by atoms with Gasteiger partial charge in [0, 0.05) is 11.6 Å². The number of anilines is 2. The fraction of sp³-hybridized carbons (Fsp3) is 0.600. The average Bonchev–Trinajstić information content (AvgIpc) is 2.33. The van der Waals surface area contributed by atoms with Crippen molar-refractivity contribution in [1.82, 2.24) is 9.97 Å². The smallest absolute Gasteiger partial charge is 0.148 e. The van der Waals surface area contributed by atoms with Crippen LogP contribution in [0.5, 0.6) is 0 Å². The van der Waals surface area contributed by atoms with Gasteiger partial charge in [-0.05, 0) is 31.3 Å². The first kappa shape index (κ1) is 11.5. The molecule has 2 rings (SSSR count). The molecular weight excluding hydrogens is 222 g/mol. The molecule has 1 saturated heterocycles. The molecule has 0 aromatic carbocycles. The molecule has 1 aliphatic rings. The molecule has 0 saturated carbocycles. The summed E-state index contributed by atoms with van der Waals surface area (Å²) in [6.07, 6.45) is 3.92. The molecule has 0 spiro atoms. The van der Waals surface area contributed by atoms with Crippen LogP contribution in [0.4, 0.5) is 11.6 Å². The normalized spacial score (nSPS) is 17.1. The minimum atomic E-state index is 0.528. The third-order valence-electron chi connectivity index (χ3n) is 2.78. The molecule has 1 aromatic heterocycles. The molecule has 0 atom stereocenters. The van der Waals surface area contributed by atoms with Crippen LogP contribution >= 0.6 is 11.8 Å². The highest BCUT2D eigenvalue weighted by Crippen LogP contribution is 2.23. The number of nitrogen functional groups attached to an aromatic ring is 1. The fourth-order valence-corrected chi connectivity index (χ4v) is 2.88. The highest BCUT2D eigenvalue weighted by molar-refractivity contribution is 7.99. The van der Waals surface area contributed by atoms with E-state index in [4.69, 9.17) is 5.84 Å². The van der Waals surface area contributed by atoms with Gasteiger partial charge in [-0.1, -0.05) is 0 Å². The van der Waals surface area contributed by atoms with Crippen LogP contribution < -0.4 is 16.6 Å². The standard InChI is InChI=1S/C10H17N5S/c1-7-9(12-6-13-10(7)15-11)14-8-2-4-16-5-3-8/h6,8H,2-5,11H2,1H3,(H2,12,13,14,15). The van der Waals surface area contributed by atoms with Crippen LogP contribution in [-0.4, -0.2) is 27.5 Å². The van der Waals surface area contributed by atoms with Gasteiger partial charge in [0.05, 0.1) is 0 Å². The first-order chi connectivity index (χ1) is 7.81. The van der Waals surface area contributed by atoms with Crippen molar-refractivity contribution in [3.8, 4) is 0 Å². The molecule has 88 valence electrons. The van der Waals surface area contributed by atoms with Crippen LogP contribution in [0.25, 0.3) is 0 Å². The number of rotatable bonds is 3. The zero-order valence-corrected chi connectivity index (χ0v) is 10.2. The van der Waals surface area contributed by atoms with Gasteiger partial charge in [0.2, 0.25) is 0 Å². The molecule has 1 fully saturated rings. The number of aromatic nitrogens is 2. The van der Waals surface area contributed by atoms with Crippen molar-refractivity contribution in [1.29, 1.82) is 0 Å². The summed E-state index contributed by atoms with van der Waals surface area (Å²) in [6.45, 7) is 1.97. The van der Waals surface area contributed by atoms with Crippen LogP contribution in [0.15, 0.2) is 6.33 Å². The topological polar surface area (TPSA) is 75.9 Å². The van der Waals surface area contributed by atoms with E-state index in [-0.39, 0.29) is 0 Å². The van der Waals surface area contributed by atoms with E-state index in [0.29, 0.717) is 11.9 Å². The van der Waals surface area contributed by atoms with Crippen molar-refractivity contribution in [3.63, 3.8) is 0 Å². The minimum absolute atomic E-state index is 0.528. The van der Waals surface area contributed by atoms with Gasteiger partial charge in [-0.25, -0.2) is 15.8 Å². The van der Waals surface area contributed by atoms with E-state index in [0.717, 1.165) is 11.4 Å². The second-order valence-electron chi connectivity index (χ2n) is 3.87. The van der Waals surface area contributed by atoms with Crippen molar-refractivity contribution in [3.05, 3.63) is 11.9 Å². The number of nitrogens with zero attached hydrogens (tertiary/aromatic N) is 2. The highest BCUT2D eigenvalue weighted by atomic mass is 32.2. The van der Waals surface area contributed by atoms with Crippen LogP contribution in [0.2, 0.25) is 0 Å². The van der Waals surface area contributed by atoms with Crippen molar-refractivity contribution in [2.75, 3.05) is 22.2 Å². The Balaban J connectivity index is 2.08. The van der Waals surface area contributed by atoms with Gasteiger partial charge in [-0.2, -0.15) is 11.8 Å². The lowest BCUT2D eigenvalue weighted by Crippen LogP contribution is -2.25. The lowest BCUT2D eigenvalue weighted by molar-refractivity contribution is 0.662. The van der Waals surface area contributed by atoms with Crippen molar-refractivity contribution >= 4 is 23.4 Å². The Bertz CT molecular complexity index is 351. The van der Waals surface area contributed by atoms with Crippen LogP contribution in [-0.2, 0) is 0 Å². The van der Waals surface area contributed by atoms with Gasteiger partial charge in [-0.3, -0.25) is 0 Å². The third-order valence-corrected chi connectivity index (χ3v) is 3.83. The maximum Gasteiger partial charge on any atom is 0.148 e. The summed E-state index contributed by atoms with van der Waals surface area (Å²) in [5.41, 5.74) is 3.55. The predicted molar refractivity (Wildman–Crippen MR) is 68.5 cm³/mol. The molecular formula is C10H17N5S. The average molecular weight is 239 g/mol. The summed E-state index contributed by atoms with van der Waals surface area (Å²) in [6, 6.07) is 0.528. The Morgan fingerprint density at radius 3 is 2.69 bits per heavy atom. The summed E-state index contributed by atoms with van der Waals surface area (Å²) in [5.74, 6) is 9.41. The number of hydrogen-bond acceptors (Lipinski definition) is 6. The van der Waals surface area contributed by atoms with Crippen molar-refractivity contribution < 1.29 is 0 Å². The molecule has 0 bridgehead atoms. The molecule has 0 unspecified atom stereocenters. The van der Waals surface area contributed by atoms with E-state index in [1.807, 2.05) is 18.7 Å².